The van der Waals surface area contributed by atoms with E-state index < -0.39 is 0 Å². The molecule has 1 aliphatic heterocycles. The van der Waals surface area contributed by atoms with Crippen molar-refractivity contribution in [3.8, 4) is 17.2 Å². The minimum absolute atomic E-state index is 0.292. The van der Waals surface area contributed by atoms with Crippen molar-refractivity contribution in [2.24, 2.45) is 0 Å². The third-order valence-electron chi connectivity index (χ3n) is 8.00. The molecule has 5 nitrogen and oxygen atoms in total. The maximum Gasteiger partial charge on any atom is 0.119 e. The van der Waals surface area contributed by atoms with E-state index in [2.05, 4.69) is 53.2 Å². The van der Waals surface area contributed by atoms with Crippen LogP contribution in [-0.4, -0.2) is 48.4 Å². The van der Waals surface area contributed by atoms with Gasteiger partial charge in [-0.2, -0.15) is 0 Å². The van der Waals surface area contributed by atoms with Crippen molar-refractivity contribution in [2.45, 2.75) is 57.4 Å². The van der Waals surface area contributed by atoms with Gasteiger partial charge in [0, 0.05) is 31.9 Å². The third kappa shape index (κ3) is 6.58. The van der Waals surface area contributed by atoms with Gasteiger partial charge in [-0.25, -0.2) is 0 Å². The number of aromatic hydroxyl groups is 2. The highest BCUT2D eigenvalue weighted by molar-refractivity contribution is 5.59. The lowest BCUT2D eigenvalue weighted by molar-refractivity contribution is 0.214. The number of rotatable bonds is 8. The first-order valence-corrected chi connectivity index (χ1v) is 13.8. The highest BCUT2D eigenvalue weighted by Crippen LogP contribution is 2.39. The van der Waals surface area contributed by atoms with Crippen LogP contribution in [0, 0.1) is 0 Å². The smallest absolute Gasteiger partial charge is 0.119 e. The Morgan fingerprint density at radius 1 is 0.865 bits per heavy atom. The maximum absolute atomic E-state index is 10.3. The van der Waals surface area contributed by atoms with Crippen LogP contribution in [0.15, 0.2) is 60.7 Å². The lowest BCUT2D eigenvalue weighted by atomic mass is 9.79. The van der Waals surface area contributed by atoms with Gasteiger partial charge in [-0.3, -0.25) is 4.90 Å². The van der Waals surface area contributed by atoms with Gasteiger partial charge in [-0.05, 0) is 104 Å². The standard InChI is InChI=1S/C32H40N2O3/c1-33(23-24-6-13-30(14-7-24)37-19-18-34-16-4-2-3-5-17-34)32-22-29(36)12-15-31(32)27-9-8-26-21-28(35)11-10-25(26)20-27/h6-7,10-15,21-22,27,35-36H,2-5,8-9,16-20,23H2,1H3. The molecule has 2 N–H and O–H groups in total. The Kier molecular flexibility index (Phi) is 8.20. The van der Waals surface area contributed by atoms with Crippen molar-refractivity contribution in [2.75, 3.05) is 38.2 Å². The molecule has 1 fully saturated rings. The summed E-state index contributed by atoms with van der Waals surface area (Å²) in [5, 5.41) is 20.1. The van der Waals surface area contributed by atoms with Crippen molar-refractivity contribution in [1.82, 2.24) is 4.90 Å². The van der Waals surface area contributed by atoms with Crippen molar-refractivity contribution >= 4 is 5.69 Å². The summed E-state index contributed by atoms with van der Waals surface area (Å²) < 4.78 is 6.04. The molecule has 0 spiro atoms. The average Bonchev–Trinajstić information content (AvgIpc) is 3.18. The summed E-state index contributed by atoms with van der Waals surface area (Å²) in [6.07, 6.45) is 8.27. The van der Waals surface area contributed by atoms with Gasteiger partial charge in [0.25, 0.3) is 0 Å². The molecule has 1 heterocycles. The molecular formula is C32H40N2O3. The molecule has 0 saturated carbocycles. The first-order valence-electron chi connectivity index (χ1n) is 13.8. The minimum Gasteiger partial charge on any atom is -0.508 e. The number of nitrogens with zero attached hydrogens (tertiary/aromatic N) is 2. The fraction of sp³-hybridized carbons (Fsp3) is 0.438. The van der Waals surface area contributed by atoms with E-state index in [-0.39, 0.29) is 0 Å². The Morgan fingerprint density at radius 3 is 2.38 bits per heavy atom. The summed E-state index contributed by atoms with van der Waals surface area (Å²) in [6.45, 7) is 4.88. The predicted molar refractivity (Wildman–Crippen MR) is 150 cm³/mol. The van der Waals surface area contributed by atoms with Gasteiger partial charge in [0.05, 0.1) is 0 Å². The van der Waals surface area contributed by atoms with Crippen LogP contribution >= 0.6 is 0 Å². The van der Waals surface area contributed by atoms with E-state index >= 15 is 0 Å². The van der Waals surface area contributed by atoms with Crippen molar-refractivity contribution in [3.05, 3.63) is 82.9 Å². The van der Waals surface area contributed by atoms with Gasteiger partial charge >= 0.3 is 0 Å². The normalized spacial score (nSPS) is 18.1. The molecule has 37 heavy (non-hydrogen) atoms. The monoisotopic (exact) mass is 500 g/mol. The number of likely N-dealkylation sites (tertiary alicyclic amines) is 1. The number of phenolic OH excluding ortho intramolecular Hbond substituents is 2. The van der Waals surface area contributed by atoms with Crippen LogP contribution in [0.2, 0.25) is 0 Å². The molecule has 3 aromatic rings. The Balaban J connectivity index is 1.21. The molecule has 0 bridgehead atoms. The Morgan fingerprint density at radius 2 is 1.59 bits per heavy atom. The maximum atomic E-state index is 10.3. The zero-order valence-electron chi connectivity index (χ0n) is 22.0. The van der Waals surface area contributed by atoms with Crippen LogP contribution in [0.5, 0.6) is 17.2 Å². The zero-order valence-corrected chi connectivity index (χ0v) is 22.0. The minimum atomic E-state index is 0.292. The molecule has 5 heteroatoms. The number of ether oxygens (including phenoxy) is 1. The van der Waals surface area contributed by atoms with Crippen molar-refractivity contribution < 1.29 is 14.9 Å². The molecule has 5 rings (SSSR count). The Bertz CT molecular complexity index is 1170. The first kappa shape index (κ1) is 25.5. The second kappa shape index (κ2) is 11.9. The molecule has 0 aromatic heterocycles. The van der Waals surface area contributed by atoms with E-state index in [1.165, 1.54) is 61.0 Å². The molecule has 2 aliphatic rings. The van der Waals surface area contributed by atoms with Crippen LogP contribution in [0.4, 0.5) is 5.69 Å². The van der Waals surface area contributed by atoms with E-state index in [0.717, 1.165) is 50.4 Å². The SMILES string of the molecule is CN(Cc1ccc(OCCN2CCCCCC2)cc1)c1cc(O)ccc1C1CCc2cc(O)ccc2C1. The highest BCUT2D eigenvalue weighted by Gasteiger charge is 2.24. The summed E-state index contributed by atoms with van der Waals surface area (Å²) in [7, 11) is 2.10. The number of anilines is 1. The average molecular weight is 501 g/mol. The fourth-order valence-corrected chi connectivity index (χ4v) is 5.92. The zero-order chi connectivity index (χ0) is 25.6. The van der Waals surface area contributed by atoms with Gasteiger partial charge in [0.15, 0.2) is 0 Å². The molecule has 0 radical (unpaired) electrons. The molecule has 1 saturated heterocycles. The lowest BCUT2D eigenvalue weighted by Crippen LogP contribution is -2.29. The number of benzene rings is 3. The molecular weight excluding hydrogens is 460 g/mol. The van der Waals surface area contributed by atoms with E-state index in [4.69, 9.17) is 4.74 Å². The summed E-state index contributed by atoms with van der Waals surface area (Å²) in [4.78, 5) is 4.76. The molecule has 0 amide bonds. The Hall–Kier alpha value is -3.18. The van der Waals surface area contributed by atoms with E-state index in [1.807, 2.05) is 12.1 Å². The van der Waals surface area contributed by atoms with E-state index in [9.17, 15) is 10.2 Å². The van der Waals surface area contributed by atoms with E-state index in [1.54, 1.807) is 12.1 Å². The molecule has 1 atom stereocenters. The number of aryl methyl sites for hydroxylation is 1. The van der Waals surface area contributed by atoms with Gasteiger partial charge in [-0.15, -0.1) is 0 Å². The van der Waals surface area contributed by atoms with Gasteiger partial charge in [-0.1, -0.05) is 37.1 Å². The second-order valence-electron chi connectivity index (χ2n) is 10.7. The molecule has 196 valence electrons. The number of hydrogen-bond donors (Lipinski definition) is 2. The highest BCUT2D eigenvalue weighted by atomic mass is 16.5. The van der Waals surface area contributed by atoms with Crippen molar-refractivity contribution in [1.29, 1.82) is 0 Å². The lowest BCUT2D eigenvalue weighted by Gasteiger charge is -2.30. The molecule has 1 unspecified atom stereocenters. The summed E-state index contributed by atoms with van der Waals surface area (Å²) in [5.41, 5.74) is 6.11. The van der Waals surface area contributed by atoms with Crippen LogP contribution in [0.25, 0.3) is 0 Å². The van der Waals surface area contributed by atoms with Crippen LogP contribution in [0.1, 0.15) is 60.3 Å². The predicted octanol–water partition coefficient (Wildman–Crippen LogP) is 6.26. The largest absolute Gasteiger partial charge is 0.508 e. The van der Waals surface area contributed by atoms with Gasteiger partial charge in [0.2, 0.25) is 0 Å². The number of fused-ring (bicyclic) bond motifs is 1. The second-order valence-corrected chi connectivity index (χ2v) is 10.7. The van der Waals surface area contributed by atoms with Crippen LogP contribution in [0.3, 0.4) is 0 Å². The first-order chi connectivity index (χ1) is 18.0. The van der Waals surface area contributed by atoms with Gasteiger partial charge in [0.1, 0.15) is 23.9 Å². The summed E-state index contributed by atoms with van der Waals surface area (Å²) in [5.74, 6) is 1.94. The van der Waals surface area contributed by atoms with Crippen LogP contribution < -0.4 is 9.64 Å². The van der Waals surface area contributed by atoms with Crippen LogP contribution in [-0.2, 0) is 19.4 Å². The topological polar surface area (TPSA) is 56.2 Å². The fourth-order valence-electron chi connectivity index (χ4n) is 5.92. The third-order valence-corrected chi connectivity index (χ3v) is 8.00. The Labute approximate surface area is 221 Å². The number of hydrogen-bond acceptors (Lipinski definition) is 5. The quantitative estimate of drug-likeness (QED) is 0.382. The van der Waals surface area contributed by atoms with E-state index in [0.29, 0.717) is 17.4 Å². The molecule has 3 aromatic carbocycles. The van der Waals surface area contributed by atoms with Crippen molar-refractivity contribution in [3.63, 3.8) is 0 Å². The summed E-state index contributed by atoms with van der Waals surface area (Å²) in [6, 6.07) is 19.9. The summed E-state index contributed by atoms with van der Waals surface area (Å²) >= 11 is 0. The molecule has 1 aliphatic carbocycles. The number of phenols is 2. The van der Waals surface area contributed by atoms with Gasteiger partial charge < -0.3 is 19.8 Å².